The number of fused-ring (bicyclic) bond motifs is 6. The van der Waals surface area contributed by atoms with Crippen LogP contribution < -0.4 is 51.9 Å². The van der Waals surface area contributed by atoms with Gasteiger partial charge >= 0.3 is 0 Å². The number of aromatic nitrogens is 10. The summed E-state index contributed by atoms with van der Waals surface area (Å²) in [4.78, 5) is 78.0. The lowest BCUT2D eigenvalue weighted by Crippen LogP contribution is -2.44. The quantitative estimate of drug-likeness (QED) is 0.0534. The van der Waals surface area contributed by atoms with E-state index in [1.165, 1.54) is 5.56 Å². The molecule has 3 saturated heterocycles. The third-order valence-corrected chi connectivity index (χ3v) is 20.9. The highest BCUT2D eigenvalue weighted by molar-refractivity contribution is 6.09. The van der Waals surface area contributed by atoms with E-state index in [1.807, 2.05) is 126 Å². The molecule has 0 bridgehead atoms. The molecule has 25 nitrogen and oxygen atoms in total. The lowest BCUT2D eigenvalue weighted by atomic mass is 9.94. The van der Waals surface area contributed by atoms with Crippen LogP contribution in [0.4, 0.5) is 51.6 Å². The fourth-order valence-electron chi connectivity index (χ4n) is 15.2. The minimum Gasteiger partial charge on any atom is -0.368 e. The van der Waals surface area contributed by atoms with Gasteiger partial charge in [0.15, 0.2) is 0 Å². The van der Waals surface area contributed by atoms with Crippen LogP contribution in [-0.4, -0.2) is 169 Å². The zero-order chi connectivity index (χ0) is 71.8. The second-order valence-electron chi connectivity index (χ2n) is 27.5. The van der Waals surface area contributed by atoms with Crippen molar-refractivity contribution in [3.8, 4) is 33.5 Å². The standard InChI is InChI=1S/C32H31N7O.C25H25N7O.C24H24N8O/c1-37-15-17-38(18-16-37)23-7-10-29(34-19-23)36-28-9-8-24(27-20-35-32(40)30(27)28)25-11-13-33-31-26(25)12-14-39(31)21-22-5-3-2-4-6-22;1-30-11-13-31(14-12-30)17-4-7-23(26-15-17)29-21-6-5-18(20-16-27-25(33)24(20)21)19-8-10-32-22(19)3-2-9-28-32;1-31-9-5-17-16(4-6-26-23(17)31)22-18-13-29-24(33)21(18)19(14-28-22)30-20-3-2-15(12-27-20)32-10-7-25-8-11-32/h2-14,19H,15-18,20-21H2,1H3,(H,34,36)(H,35,40);2-10,15H,11-14,16H2,1H3,(H,26,29)(H,27,33);2-6,9,12,14,25H,7-8,10-11,13H2,1H3,(H,27,30)(H,29,33). The van der Waals surface area contributed by atoms with Crippen LogP contribution in [0.25, 0.3) is 61.1 Å². The van der Waals surface area contributed by atoms with Gasteiger partial charge in [-0.3, -0.25) is 19.4 Å². The van der Waals surface area contributed by atoms with Gasteiger partial charge in [-0.2, -0.15) is 5.10 Å². The van der Waals surface area contributed by atoms with Crippen LogP contribution in [0, 0.1) is 0 Å². The molecule has 0 unspecified atom stereocenters. The number of carbonyl (C=O) groups is 3. The van der Waals surface area contributed by atoms with Crippen molar-refractivity contribution in [3.05, 3.63) is 234 Å². The second kappa shape index (κ2) is 28.9. The molecule has 0 atom stereocenters. The molecule has 0 spiro atoms. The summed E-state index contributed by atoms with van der Waals surface area (Å²) in [6, 6.07) is 44.9. The Kier molecular flexibility index (Phi) is 18.2. The van der Waals surface area contributed by atoms with Crippen molar-refractivity contribution < 1.29 is 14.4 Å². The summed E-state index contributed by atoms with van der Waals surface area (Å²) < 4.78 is 6.00. The van der Waals surface area contributed by atoms with Crippen molar-refractivity contribution in [3.63, 3.8) is 0 Å². The van der Waals surface area contributed by atoms with Gasteiger partial charge in [-0.05, 0) is 138 Å². The number of nitrogens with one attached hydrogen (secondary N) is 7. The Hall–Kier alpha value is -12.6. The predicted octanol–water partition coefficient (Wildman–Crippen LogP) is 10.4. The summed E-state index contributed by atoms with van der Waals surface area (Å²) in [6.45, 7) is 14.3. The first-order valence-electron chi connectivity index (χ1n) is 36.0. The van der Waals surface area contributed by atoms with Gasteiger partial charge < -0.3 is 70.9 Å². The smallest absolute Gasteiger partial charge is 0.254 e. The van der Waals surface area contributed by atoms with E-state index in [0.29, 0.717) is 47.8 Å². The molecule has 13 aromatic rings. The topological polar surface area (TPSA) is 256 Å². The summed E-state index contributed by atoms with van der Waals surface area (Å²) in [7, 11) is 6.27. The van der Waals surface area contributed by atoms with E-state index in [0.717, 1.165) is 203 Å². The maximum absolute atomic E-state index is 13.0. The Balaban J connectivity index is 0.000000118. The molecular weight excluding hydrogens is 1330 g/mol. The molecule has 7 N–H and O–H groups in total. The van der Waals surface area contributed by atoms with E-state index in [-0.39, 0.29) is 17.7 Å². The van der Waals surface area contributed by atoms with E-state index in [1.54, 1.807) is 18.6 Å². The number of piperazine rings is 3. The lowest BCUT2D eigenvalue weighted by Gasteiger charge is -2.33. The average molecular weight is 1410 g/mol. The molecule has 0 aliphatic carbocycles. The zero-order valence-electron chi connectivity index (χ0n) is 59.2. The molecule has 532 valence electrons. The van der Waals surface area contributed by atoms with Gasteiger partial charge in [-0.25, -0.2) is 29.4 Å². The van der Waals surface area contributed by atoms with Crippen LogP contribution in [0.3, 0.4) is 0 Å². The van der Waals surface area contributed by atoms with Crippen LogP contribution >= 0.6 is 0 Å². The van der Waals surface area contributed by atoms with Crippen molar-refractivity contribution in [2.24, 2.45) is 7.05 Å². The monoisotopic (exact) mass is 1410 g/mol. The molecule has 16 heterocycles. The van der Waals surface area contributed by atoms with Crippen LogP contribution in [0.15, 0.2) is 195 Å². The van der Waals surface area contributed by atoms with Gasteiger partial charge in [0.05, 0.1) is 86.8 Å². The molecule has 0 saturated carbocycles. The van der Waals surface area contributed by atoms with E-state index >= 15 is 0 Å². The van der Waals surface area contributed by atoms with Crippen LogP contribution in [0.2, 0.25) is 0 Å². The molecule has 3 fully saturated rings. The number of hydrogen-bond donors (Lipinski definition) is 7. The summed E-state index contributed by atoms with van der Waals surface area (Å²) in [6.07, 6.45) is 18.8. The van der Waals surface area contributed by atoms with Crippen LogP contribution in [-0.2, 0) is 33.2 Å². The van der Waals surface area contributed by atoms with E-state index in [4.69, 9.17) is 9.97 Å². The summed E-state index contributed by atoms with van der Waals surface area (Å²) in [5.41, 5.74) is 20.4. The first kappa shape index (κ1) is 66.6. The van der Waals surface area contributed by atoms with Crippen LogP contribution in [0.5, 0.6) is 0 Å². The molecule has 25 heteroatoms. The Morgan fingerprint density at radius 3 is 1.51 bits per heavy atom. The number of nitrogens with zero attached hydrogens (tertiary/aromatic N) is 15. The van der Waals surface area contributed by atoms with Gasteiger partial charge in [0, 0.05) is 176 Å². The van der Waals surface area contributed by atoms with Crippen molar-refractivity contribution >= 4 is 96.9 Å². The van der Waals surface area contributed by atoms with Crippen molar-refractivity contribution in [1.29, 1.82) is 0 Å². The number of likely N-dealkylation sites (N-methyl/N-ethyl adjacent to an activating group) is 2. The maximum Gasteiger partial charge on any atom is 0.254 e. The van der Waals surface area contributed by atoms with Gasteiger partial charge in [-0.15, -0.1) is 0 Å². The van der Waals surface area contributed by atoms with Crippen molar-refractivity contribution in [2.75, 3.05) is 123 Å². The number of hydrogen-bond acceptors (Lipinski definition) is 19. The Bertz CT molecular complexity index is 5440. The number of aryl methyl sites for hydroxylation is 1. The van der Waals surface area contributed by atoms with Crippen molar-refractivity contribution in [1.82, 2.24) is 79.7 Å². The molecule has 3 amide bonds. The second-order valence-corrected chi connectivity index (χ2v) is 27.5. The molecule has 106 heavy (non-hydrogen) atoms. The van der Waals surface area contributed by atoms with Gasteiger partial charge in [0.2, 0.25) is 0 Å². The summed E-state index contributed by atoms with van der Waals surface area (Å²) in [5, 5.41) is 28.8. The molecule has 6 aliphatic heterocycles. The Labute approximate surface area is 612 Å². The molecule has 3 aromatic carbocycles. The number of rotatable bonds is 14. The highest BCUT2D eigenvalue weighted by Crippen LogP contribution is 2.41. The number of benzene rings is 3. The molecule has 6 aliphatic rings. The van der Waals surface area contributed by atoms with Crippen LogP contribution in [0.1, 0.15) is 53.3 Å². The summed E-state index contributed by atoms with van der Waals surface area (Å²) >= 11 is 0. The number of amides is 3. The molecule has 0 radical (unpaired) electrons. The maximum atomic E-state index is 13.0. The van der Waals surface area contributed by atoms with E-state index < -0.39 is 0 Å². The van der Waals surface area contributed by atoms with Gasteiger partial charge in [0.25, 0.3) is 17.7 Å². The fraction of sp³-hybridized carbons (Fsp3) is 0.235. The molecular formula is C81H80N22O3. The molecule has 19 rings (SSSR count). The van der Waals surface area contributed by atoms with E-state index in [9.17, 15) is 14.4 Å². The molecule has 10 aromatic heterocycles. The third-order valence-electron chi connectivity index (χ3n) is 20.9. The highest BCUT2D eigenvalue weighted by atomic mass is 16.2. The minimum atomic E-state index is -0.105. The third kappa shape index (κ3) is 13.3. The minimum absolute atomic E-state index is 0.0648. The lowest BCUT2D eigenvalue weighted by molar-refractivity contribution is 0.0958. The Morgan fingerprint density at radius 2 is 0.925 bits per heavy atom. The largest absolute Gasteiger partial charge is 0.368 e. The van der Waals surface area contributed by atoms with Crippen molar-refractivity contribution in [2.45, 2.75) is 26.2 Å². The summed E-state index contributed by atoms with van der Waals surface area (Å²) in [5.74, 6) is 1.88. The Morgan fingerprint density at radius 1 is 0.406 bits per heavy atom. The first-order chi connectivity index (χ1) is 52.0. The number of pyridine rings is 6. The fourth-order valence-corrected chi connectivity index (χ4v) is 15.2. The predicted molar refractivity (Wildman–Crippen MR) is 416 cm³/mol. The average Bonchev–Trinajstić information content (AvgIpc) is 1.60. The first-order valence-corrected chi connectivity index (χ1v) is 36.0. The number of carbonyl (C=O) groups excluding carboxylic acids is 3. The van der Waals surface area contributed by atoms with E-state index in [2.05, 4.69) is 172 Å². The number of anilines is 9. The van der Waals surface area contributed by atoms with Gasteiger partial charge in [-0.1, -0.05) is 42.5 Å². The highest BCUT2D eigenvalue weighted by Gasteiger charge is 2.32. The SMILES string of the molecule is CN1CCN(c2ccc(Nc3ccc(-c4ccn5ncccc45)c4c3C(=O)NC4)nc2)CC1.CN1CCN(c2ccc(Nc3ccc(-c4ccnc5c4ccn5Cc4ccccc4)c4c3C(=O)NC4)nc2)CC1.Cn1ccc2c(-c3ncc(Nc4ccc(N5CCNCC5)cn4)c4c3CNC4=O)ccnc21. The normalized spacial score (nSPS) is 15.7. The zero-order valence-corrected chi connectivity index (χ0v) is 59.2. The van der Waals surface area contributed by atoms with Gasteiger partial charge in [0.1, 0.15) is 28.7 Å².